The Morgan fingerprint density at radius 3 is 1.25 bits per heavy atom. The van der Waals surface area contributed by atoms with Gasteiger partial charge in [0.25, 0.3) is 27.8 Å². The molecule has 0 saturated heterocycles. The fraction of sp³-hybridized carbons (Fsp3) is 0.417. The number of amides is 1. The summed E-state index contributed by atoms with van der Waals surface area (Å²) in [5, 5.41) is 5.52. The number of nitrogens with zero attached hydrogens (tertiary/aromatic N) is 6. The van der Waals surface area contributed by atoms with E-state index in [1.807, 2.05) is 42.2 Å². The van der Waals surface area contributed by atoms with Gasteiger partial charge in [-0.3, -0.25) is 4.79 Å². The molecule has 73 heavy (non-hydrogen) atoms. The van der Waals surface area contributed by atoms with Crippen LogP contribution in [-0.4, -0.2) is 90.8 Å². The standard InChI is InChI=1S/C9H14N2OSi.C8H10INOSi.C8H12N2OSi.C6H4N2O2.C6H6N2O.C4H9NOSi.C4H9.C3H9ClSi.Li/c1-10-9-11-7-8(12-9)5-6-13(2,3)4;2*1-12(2,3)5-4-7-6-10-8(9)11-7;1-2-4-3-8-6(10-4)5(7)9;1-3-5-4-8-6(7-2)9-5;1-7(2,3)5-4-6;1-3-4-2;1-5(2,3)4;/h7H,1-4H3,(H,10,11);6H,1-3H3;6H,1-3H3,(H2,9,10);1,3H,(H2,7,9);1,4H,2H3,(H,7,8);1-3H3;1,3-4H2,2H3;1-3H3;/q;;;;;;-1;;+1. The van der Waals surface area contributed by atoms with Crippen LogP contribution in [0.1, 0.15) is 59.3 Å². The van der Waals surface area contributed by atoms with Gasteiger partial charge < -0.3 is 51.1 Å². The number of aromatic nitrogens is 5. The van der Waals surface area contributed by atoms with Crippen LogP contribution in [-0.2, 0) is 4.79 Å². The SMILES string of the molecule is C#Cc1cnc(C(N)=O)o1.C#Cc1cnc(NC)o1.CNc1ncc(C#C[Si](C)(C)C)o1.C[Si](C)(C)C#Cc1cnc(I)o1.C[Si](C)(C)C#Cc1cnc(N)o1.C[Si](C)(C)Cl.C[Si](C)(C)N=C=O.[CH2-]CCC.[Li+]. The third-order valence-electron chi connectivity index (χ3n) is 5.86. The molecule has 0 saturated carbocycles. The Bertz CT molecular complexity index is 2590. The topological polar surface area (TPSA) is 253 Å². The molecule has 1 amide bonds. The number of nitrogens with two attached hydrogens (primary N) is 2. The molecule has 392 valence electrons. The minimum absolute atomic E-state index is 0. The Kier molecular flexibility index (Phi) is 39.1. The van der Waals surface area contributed by atoms with Gasteiger partial charge in [0.15, 0.2) is 37.0 Å². The number of nitrogens with one attached hydrogen (secondary N) is 2. The van der Waals surface area contributed by atoms with Crippen LogP contribution in [0.15, 0.2) is 57.7 Å². The molecule has 0 spiro atoms. The molecule has 5 heterocycles. The summed E-state index contributed by atoms with van der Waals surface area (Å²) in [6.07, 6.45) is 21.4. The largest absolute Gasteiger partial charge is 1.00 e. The third kappa shape index (κ3) is 50.1. The number of carbonyl (C=O) groups excluding carboxylic acids is 2. The van der Waals surface area contributed by atoms with Crippen LogP contribution in [0.2, 0.25) is 98.2 Å². The van der Waals surface area contributed by atoms with Crippen molar-refractivity contribution < 1.29 is 50.5 Å². The average Bonchev–Trinajstić information content (AvgIpc) is 4.12. The maximum absolute atomic E-state index is 10.3. The Morgan fingerprint density at radius 2 is 1.01 bits per heavy atom. The number of terminal acetylenes is 2. The van der Waals surface area contributed by atoms with Gasteiger partial charge in [0.05, 0.1) is 31.0 Å². The molecule has 0 fully saturated rings. The van der Waals surface area contributed by atoms with E-state index in [4.69, 9.17) is 53.1 Å². The van der Waals surface area contributed by atoms with Gasteiger partial charge >= 0.3 is 24.8 Å². The Hall–Kier alpha value is -5.20. The molecule has 6 N–H and O–H groups in total. The summed E-state index contributed by atoms with van der Waals surface area (Å²) in [5.74, 6) is 15.0. The number of rotatable bonds is 5. The quantitative estimate of drug-likeness (QED) is 0.0246. The zero-order chi connectivity index (χ0) is 56.4. The zero-order valence-electron chi connectivity index (χ0n) is 46.1. The molecule has 0 aromatic carbocycles. The fourth-order valence-corrected chi connectivity index (χ4v) is 5.04. The first-order valence-corrected chi connectivity index (χ1v) is 41.5. The van der Waals surface area contributed by atoms with E-state index < -0.39 is 45.7 Å². The van der Waals surface area contributed by atoms with Gasteiger partial charge in [0.2, 0.25) is 6.08 Å². The summed E-state index contributed by atoms with van der Waals surface area (Å²) in [6, 6.07) is 1.14. The molecule has 5 rings (SSSR count). The third-order valence-corrected chi connectivity index (χ3v) is 9.74. The number of isocyanates is 1. The van der Waals surface area contributed by atoms with E-state index >= 15 is 0 Å². The second kappa shape index (κ2) is 38.4. The van der Waals surface area contributed by atoms with E-state index in [-0.39, 0.29) is 36.5 Å². The van der Waals surface area contributed by atoms with Gasteiger partial charge in [-0.2, -0.15) is 17.5 Å². The second-order valence-corrected chi connectivity index (χ2v) is 46.4. The number of nitrogen functional groups attached to an aromatic ring is 1. The van der Waals surface area contributed by atoms with Gasteiger partial charge in [0.1, 0.15) is 31.6 Å². The molecule has 0 aliphatic carbocycles. The first-order chi connectivity index (χ1) is 33.0. The van der Waals surface area contributed by atoms with Crippen molar-refractivity contribution in [3.8, 4) is 59.1 Å². The van der Waals surface area contributed by atoms with Crippen molar-refractivity contribution in [1.82, 2.24) is 24.9 Å². The molecule has 0 bridgehead atoms. The van der Waals surface area contributed by atoms with Gasteiger partial charge in [-0.15, -0.1) is 29.5 Å². The van der Waals surface area contributed by atoms with Crippen LogP contribution < -0.4 is 41.0 Å². The molecule has 5 aromatic rings. The van der Waals surface area contributed by atoms with Gasteiger partial charge in [-0.05, 0) is 49.2 Å². The van der Waals surface area contributed by atoms with Crippen LogP contribution in [0.3, 0.4) is 0 Å². The van der Waals surface area contributed by atoms with Gasteiger partial charge in [-0.25, -0.2) is 34.4 Å². The first kappa shape index (κ1) is 74.3. The number of anilines is 3. The smallest absolute Gasteiger partial charge is 0.424 e. The predicted molar refractivity (Wildman–Crippen MR) is 315 cm³/mol. The van der Waals surface area contributed by atoms with E-state index in [9.17, 15) is 9.59 Å². The summed E-state index contributed by atoms with van der Waals surface area (Å²) in [4.78, 5) is 38.8. The van der Waals surface area contributed by atoms with Crippen molar-refractivity contribution in [2.45, 2.75) is 118 Å². The molecule has 0 unspecified atom stereocenters. The molecule has 25 heteroatoms. The van der Waals surface area contributed by atoms with Crippen LogP contribution in [0.25, 0.3) is 0 Å². The molecule has 5 aromatic heterocycles. The van der Waals surface area contributed by atoms with Crippen molar-refractivity contribution in [2.24, 2.45) is 10.4 Å². The van der Waals surface area contributed by atoms with Crippen molar-refractivity contribution >= 4 is 104 Å². The van der Waals surface area contributed by atoms with Gasteiger partial charge in [-0.1, -0.05) is 91.9 Å². The number of hydrogen-bond acceptors (Lipinski definition) is 16. The number of carbonyl (C=O) groups is 1. The minimum Gasteiger partial charge on any atom is -0.424 e. The predicted octanol–water partition coefficient (Wildman–Crippen LogP) is 8.23. The van der Waals surface area contributed by atoms with Gasteiger partial charge in [0, 0.05) is 36.7 Å². The number of unbranched alkanes of at least 4 members (excludes halogenated alkanes) is 1. The van der Waals surface area contributed by atoms with E-state index in [1.54, 1.807) is 38.8 Å². The van der Waals surface area contributed by atoms with Crippen LogP contribution in [0, 0.1) is 69.9 Å². The minimum atomic E-state index is -1.46. The van der Waals surface area contributed by atoms with E-state index in [1.165, 1.54) is 18.8 Å². The van der Waals surface area contributed by atoms with Crippen molar-refractivity contribution in [2.75, 3.05) is 30.5 Å². The molecule has 0 atom stereocenters. The molecule has 17 nitrogen and oxygen atoms in total. The number of hydrogen-bond donors (Lipinski definition) is 4. The van der Waals surface area contributed by atoms with E-state index in [2.05, 4.69) is 183 Å². The van der Waals surface area contributed by atoms with Crippen molar-refractivity contribution in [1.29, 1.82) is 0 Å². The number of primary amides is 1. The number of halogens is 2. The summed E-state index contributed by atoms with van der Waals surface area (Å²) >= 11 is 7.70. The maximum Gasteiger partial charge on any atom is 1.00 e. The average molecular weight is 1210 g/mol. The molecule has 0 radical (unpaired) electrons. The van der Waals surface area contributed by atoms with E-state index in [0.717, 1.165) is 6.42 Å². The molecule has 0 aliphatic heterocycles. The van der Waals surface area contributed by atoms with Crippen LogP contribution in [0.4, 0.5) is 18.0 Å². The summed E-state index contributed by atoms with van der Waals surface area (Å²) in [6.45, 7) is 37.6. The van der Waals surface area contributed by atoms with Crippen molar-refractivity contribution in [3.05, 3.63) is 76.5 Å². The normalized spacial score (nSPS) is 9.79. The molecular formula is C48H73ClILiN10O7Si5. The monoisotopic (exact) mass is 1210 g/mol. The Morgan fingerprint density at radius 1 is 0.671 bits per heavy atom. The number of oxazole rings is 5. The fourth-order valence-electron chi connectivity index (χ4n) is 2.90. The van der Waals surface area contributed by atoms with Crippen LogP contribution >= 0.6 is 33.7 Å². The maximum atomic E-state index is 10.3. The summed E-state index contributed by atoms with van der Waals surface area (Å²) < 4.78 is 29.3. The van der Waals surface area contributed by atoms with Crippen LogP contribution in [0.5, 0.6) is 0 Å². The molecule has 0 aliphatic rings. The molecular weight excluding hydrogens is 1140 g/mol. The zero-order valence-corrected chi connectivity index (χ0v) is 54.0. The Labute approximate surface area is 469 Å². The summed E-state index contributed by atoms with van der Waals surface area (Å²) in [5.41, 5.74) is 19.7. The first-order valence-electron chi connectivity index (χ1n) is 22.0. The van der Waals surface area contributed by atoms with Crippen molar-refractivity contribution in [3.63, 3.8) is 0 Å². The summed E-state index contributed by atoms with van der Waals surface area (Å²) in [7, 11) is -3.03. The van der Waals surface area contributed by atoms with E-state index in [0.29, 0.717) is 39.0 Å². The second-order valence-electron chi connectivity index (χ2n) is 19.1. The Balaban J connectivity index is -0.000000380.